The molecule has 0 amide bonds. The van der Waals surface area contributed by atoms with E-state index in [-0.39, 0.29) is 5.78 Å². The van der Waals surface area contributed by atoms with Crippen LogP contribution in [0.15, 0.2) is 24.3 Å². The number of rotatable bonds is 4. The molecule has 0 radical (unpaired) electrons. The third-order valence-electron chi connectivity index (χ3n) is 4.28. The molecular formula is C17H25NO. The SMILES string of the molecule is CC1(C)CCCC(c2ccccc2C(=O)CCN)C1. The van der Waals surface area contributed by atoms with Crippen LogP contribution in [0.25, 0.3) is 0 Å². The van der Waals surface area contributed by atoms with E-state index in [1.807, 2.05) is 12.1 Å². The first-order valence-electron chi connectivity index (χ1n) is 7.36. The summed E-state index contributed by atoms with van der Waals surface area (Å²) in [5.41, 5.74) is 8.06. The number of ketones is 1. The fourth-order valence-electron chi connectivity index (χ4n) is 3.34. The Balaban J connectivity index is 2.26. The van der Waals surface area contributed by atoms with E-state index in [9.17, 15) is 4.79 Å². The lowest BCUT2D eigenvalue weighted by Gasteiger charge is -2.36. The molecule has 2 nitrogen and oxygen atoms in total. The largest absolute Gasteiger partial charge is 0.330 e. The standard InChI is InChI=1S/C17H25NO/c1-17(2)10-5-6-13(12-17)14-7-3-4-8-15(14)16(19)9-11-18/h3-4,7-8,13H,5-6,9-12,18H2,1-2H3. The van der Waals surface area contributed by atoms with Gasteiger partial charge in [0.1, 0.15) is 0 Å². The van der Waals surface area contributed by atoms with Crippen LogP contribution in [-0.4, -0.2) is 12.3 Å². The predicted octanol–water partition coefficient (Wildman–Crippen LogP) is 3.90. The first-order chi connectivity index (χ1) is 9.03. The van der Waals surface area contributed by atoms with Crippen molar-refractivity contribution in [3.05, 3.63) is 35.4 Å². The zero-order valence-electron chi connectivity index (χ0n) is 12.1. The van der Waals surface area contributed by atoms with Crippen LogP contribution in [0, 0.1) is 5.41 Å². The first kappa shape index (κ1) is 14.3. The van der Waals surface area contributed by atoms with Gasteiger partial charge >= 0.3 is 0 Å². The quantitative estimate of drug-likeness (QED) is 0.833. The highest BCUT2D eigenvalue weighted by molar-refractivity contribution is 5.97. The summed E-state index contributed by atoms with van der Waals surface area (Å²) < 4.78 is 0. The van der Waals surface area contributed by atoms with Crippen molar-refractivity contribution >= 4 is 5.78 Å². The van der Waals surface area contributed by atoms with Gasteiger partial charge in [0.2, 0.25) is 0 Å². The van der Waals surface area contributed by atoms with Gasteiger partial charge in [-0.05, 0) is 42.7 Å². The van der Waals surface area contributed by atoms with Crippen molar-refractivity contribution in [3.8, 4) is 0 Å². The summed E-state index contributed by atoms with van der Waals surface area (Å²) in [6.45, 7) is 5.11. The van der Waals surface area contributed by atoms with Gasteiger partial charge in [-0.25, -0.2) is 0 Å². The summed E-state index contributed by atoms with van der Waals surface area (Å²) in [7, 11) is 0. The molecule has 1 atom stereocenters. The van der Waals surface area contributed by atoms with Crippen molar-refractivity contribution in [1.29, 1.82) is 0 Å². The van der Waals surface area contributed by atoms with E-state index >= 15 is 0 Å². The number of carbonyl (C=O) groups excluding carboxylic acids is 1. The zero-order valence-corrected chi connectivity index (χ0v) is 12.1. The van der Waals surface area contributed by atoms with Gasteiger partial charge in [-0.1, -0.05) is 44.5 Å². The summed E-state index contributed by atoms with van der Waals surface area (Å²) in [6.07, 6.45) is 5.39. The Morgan fingerprint density at radius 2 is 2.11 bits per heavy atom. The maximum atomic E-state index is 12.2. The van der Waals surface area contributed by atoms with E-state index in [1.54, 1.807) is 0 Å². The van der Waals surface area contributed by atoms with Crippen molar-refractivity contribution in [2.75, 3.05) is 6.54 Å². The molecule has 1 aromatic rings. The van der Waals surface area contributed by atoms with Crippen LogP contribution in [0.4, 0.5) is 0 Å². The molecule has 0 saturated heterocycles. The van der Waals surface area contributed by atoms with E-state index in [4.69, 9.17) is 5.73 Å². The predicted molar refractivity (Wildman–Crippen MR) is 79.4 cm³/mol. The molecule has 1 aliphatic carbocycles. The molecule has 1 unspecified atom stereocenters. The minimum atomic E-state index is 0.196. The molecule has 0 heterocycles. The maximum Gasteiger partial charge on any atom is 0.164 e. The molecule has 19 heavy (non-hydrogen) atoms. The second-order valence-electron chi connectivity index (χ2n) is 6.51. The Morgan fingerprint density at radius 3 is 2.79 bits per heavy atom. The average Bonchev–Trinajstić information content (AvgIpc) is 2.38. The number of Topliss-reactive ketones (excluding diaryl/α,β-unsaturated/α-hetero) is 1. The summed E-state index contributed by atoms with van der Waals surface area (Å²) in [6, 6.07) is 8.11. The van der Waals surface area contributed by atoms with Crippen molar-refractivity contribution in [1.82, 2.24) is 0 Å². The van der Waals surface area contributed by atoms with Gasteiger partial charge in [0.05, 0.1) is 0 Å². The lowest BCUT2D eigenvalue weighted by Crippen LogP contribution is -2.23. The Kier molecular flexibility index (Phi) is 4.41. The number of hydrogen-bond donors (Lipinski definition) is 1. The minimum Gasteiger partial charge on any atom is -0.330 e. The van der Waals surface area contributed by atoms with E-state index in [0.717, 1.165) is 5.56 Å². The molecule has 0 bridgehead atoms. The molecule has 0 spiro atoms. The highest BCUT2D eigenvalue weighted by Gasteiger charge is 2.30. The summed E-state index contributed by atoms with van der Waals surface area (Å²) >= 11 is 0. The molecule has 1 aliphatic rings. The highest BCUT2D eigenvalue weighted by Crippen LogP contribution is 2.44. The van der Waals surface area contributed by atoms with Crippen LogP contribution < -0.4 is 5.73 Å². The van der Waals surface area contributed by atoms with Gasteiger partial charge in [0.25, 0.3) is 0 Å². The molecule has 0 aliphatic heterocycles. The number of hydrogen-bond acceptors (Lipinski definition) is 2. The Labute approximate surface area is 116 Å². The van der Waals surface area contributed by atoms with E-state index in [0.29, 0.717) is 24.3 Å². The molecule has 2 rings (SSSR count). The Morgan fingerprint density at radius 1 is 1.37 bits per heavy atom. The van der Waals surface area contributed by atoms with Crippen LogP contribution in [0.2, 0.25) is 0 Å². The summed E-state index contributed by atoms with van der Waals surface area (Å²) in [5.74, 6) is 0.725. The molecule has 104 valence electrons. The molecular weight excluding hydrogens is 234 g/mol. The fourth-order valence-corrected chi connectivity index (χ4v) is 3.34. The maximum absolute atomic E-state index is 12.2. The van der Waals surface area contributed by atoms with Crippen molar-refractivity contribution in [2.24, 2.45) is 11.1 Å². The van der Waals surface area contributed by atoms with E-state index in [1.165, 1.54) is 31.2 Å². The molecule has 0 aromatic heterocycles. The molecule has 1 fully saturated rings. The topological polar surface area (TPSA) is 43.1 Å². The average molecular weight is 259 g/mol. The van der Waals surface area contributed by atoms with Gasteiger partial charge < -0.3 is 5.73 Å². The smallest absolute Gasteiger partial charge is 0.164 e. The van der Waals surface area contributed by atoms with E-state index in [2.05, 4.69) is 26.0 Å². The van der Waals surface area contributed by atoms with Crippen LogP contribution in [-0.2, 0) is 0 Å². The molecule has 1 aromatic carbocycles. The van der Waals surface area contributed by atoms with Crippen LogP contribution in [0.1, 0.15) is 67.8 Å². The number of nitrogens with two attached hydrogens (primary N) is 1. The van der Waals surface area contributed by atoms with Gasteiger partial charge in [0, 0.05) is 12.0 Å². The Hall–Kier alpha value is -1.15. The van der Waals surface area contributed by atoms with Crippen LogP contribution >= 0.6 is 0 Å². The molecule has 1 saturated carbocycles. The third-order valence-corrected chi connectivity index (χ3v) is 4.28. The Bertz CT molecular complexity index is 450. The lowest BCUT2D eigenvalue weighted by atomic mass is 9.69. The summed E-state index contributed by atoms with van der Waals surface area (Å²) in [4.78, 5) is 12.2. The van der Waals surface area contributed by atoms with Gasteiger partial charge in [-0.2, -0.15) is 0 Å². The second-order valence-corrected chi connectivity index (χ2v) is 6.51. The highest BCUT2D eigenvalue weighted by atomic mass is 16.1. The monoisotopic (exact) mass is 259 g/mol. The van der Waals surface area contributed by atoms with Crippen molar-refractivity contribution in [2.45, 2.75) is 51.9 Å². The van der Waals surface area contributed by atoms with Crippen LogP contribution in [0.3, 0.4) is 0 Å². The van der Waals surface area contributed by atoms with Crippen molar-refractivity contribution < 1.29 is 4.79 Å². The molecule has 2 heteroatoms. The van der Waals surface area contributed by atoms with Gasteiger partial charge in [-0.3, -0.25) is 4.79 Å². The minimum absolute atomic E-state index is 0.196. The van der Waals surface area contributed by atoms with Gasteiger partial charge in [-0.15, -0.1) is 0 Å². The third kappa shape index (κ3) is 3.44. The number of carbonyl (C=O) groups is 1. The van der Waals surface area contributed by atoms with E-state index < -0.39 is 0 Å². The fraction of sp³-hybridized carbons (Fsp3) is 0.588. The molecule has 2 N–H and O–H groups in total. The van der Waals surface area contributed by atoms with Gasteiger partial charge in [0.15, 0.2) is 5.78 Å². The summed E-state index contributed by atoms with van der Waals surface area (Å²) in [5, 5.41) is 0. The lowest BCUT2D eigenvalue weighted by molar-refractivity contribution is 0.0982. The zero-order chi connectivity index (χ0) is 13.9. The number of benzene rings is 1. The second kappa shape index (κ2) is 5.87. The normalized spacial score (nSPS) is 22.2. The van der Waals surface area contributed by atoms with Crippen molar-refractivity contribution in [3.63, 3.8) is 0 Å². The van der Waals surface area contributed by atoms with Crippen LogP contribution in [0.5, 0.6) is 0 Å². The first-order valence-corrected chi connectivity index (χ1v) is 7.36.